The molecule has 0 aliphatic carbocycles. The summed E-state index contributed by atoms with van der Waals surface area (Å²) >= 11 is 1.14. The number of carbonyl (C=O) groups excluding carboxylic acids is 5. The predicted molar refractivity (Wildman–Crippen MR) is 140 cm³/mol. The number of cyclic esters (lactones) is 1. The molecule has 2 rings (SSSR count). The summed E-state index contributed by atoms with van der Waals surface area (Å²) in [6.07, 6.45) is 2.48. The minimum Gasteiger partial charge on any atom is -0.456 e. The number of rotatable bonds is 5. The van der Waals surface area contributed by atoms with Crippen LogP contribution in [0.15, 0.2) is 35.6 Å². The number of fused-ring (bicyclic) bond motifs is 2. The summed E-state index contributed by atoms with van der Waals surface area (Å²) in [4.78, 5) is 66.7. The number of hydrogen-bond acceptors (Lipinski definition) is 8. The number of halogens is 1. The summed E-state index contributed by atoms with van der Waals surface area (Å²) in [5, 5.41) is 7.59. The molecule has 206 valence electrons. The van der Waals surface area contributed by atoms with Gasteiger partial charge in [0, 0.05) is 12.7 Å². The van der Waals surface area contributed by atoms with E-state index in [0.29, 0.717) is 17.7 Å². The van der Waals surface area contributed by atoms with Crippen LogP contribution in [0.25, 0.3) is 0 Å². The van der Waals surface area contributed by atoms with Crippen LogP contribution in [0.4, 0.5) is 4.39 Å². The lowest BCUT2D eigenvalue weighted by atomic mass is 10.0. The third-order valence-corrected chi connectivity index (χ3v) is 6.22. The Kier molecular flexibility index (Phi) is 11.6. The second kappa shape index (κ2) is 14.4. The molecule has 0 saturated carbocycles. The van der Waals surface area contributed by atoms with Crippen LogP contribution >= 0.6 is 11.8 Å². The molecule has 1 aromatic rings. The first-order valence-electron chi connectivity index (χ1n) is 12.1. The van der Waals surface area contributed by atoms with Gasteiger partial charge in [0.15, 0.2) is 5.12 Å². The first-order valence-corrected chi connectivity index (χ1v) is 13.1. The van der Waals surface area contributed by atoms with Crippen molar-refractivity contribution in [1.82, 2.24) is 20.9 Å². The molecule has 0 saturated heterocycles. The van der Waals surface area contributed by atoms with E-state index in [0.717, 1.165) is 17.8 Å². The number of pyridine rings is 1. The minimum atomic E-state index is -1.08. The summed E-state index contributed by atoms with van der Waals surface area (Å²) in [6, 6.07) is 1.14. The van der Waals surface area contributed by atoms with Gasteiger partial charge in [0.1, 0.15) is 29.4 Å². The Hall–Kier alpha value is -3.54. The summed E-state index contributed by atoms with van der Waals surface area (Å²) in [6.45, 7) is 7.80. The number of nitrogens with zero attached hydrogens (tertiary/aromatic N) is 1. The van der Waals surface area contributed by atoms with E-state index in [4.69, 9.17) is 4.74 Å². The molecule has 2 atom stereocenters. The zero-order valence-electron chi connectivity index (χ0n) is 22.1. The third kappa shape index (κ3) is 9.40. The van der Waals surface area contributed by atoms with Gasteiger partial charge in [-0.2, -0.15) is 0 Å². The van der Waals surface area contributed by atoms with Gasteiger partial charge in [-0.25, -0.2) is 14.2 Å². The van der Waals surface area contributed by atoms with Crippen LogP contribution in [-0.4, -0.2) is 51.7 Å². The largest absolute Gasteiger partial charge is 0.456 e. The molecule has 3 amide bonds. The van der Waals surface area contributed by atoms with Gasteiger partial charge in [-0.05, 0) is 50.0 Å². The molecule has 1 aromatic heterocycles. The molecular weight excluding hydrogens is 515 g/mol. The van der Waals surface area contributed by atoms with Gasteiger partial charge in [-0.15, -0.1) is 0 Å². The van der Waals surface area contributed by atoms with E-state index in [1.807, 2.05) is 0 Å². The molecule has 0 fully saturated rings. The van der Waals surface area contributed by atoms with Crippen LogP contribution in [0.3, 0.4) is 0 Å². The second-order valence-electron chi connectivity index (χ2n) is 9.16. The first-order chi connectivity index (χ1) is 17.9. The van der Waals surface area contributed by atoms with Crippen molar-refractivity contribution >= 4 is 40.6 Å². The molecule has 1 aliphatic heterocycles. The van der Waals surface area contributed by atoms with Crippen LogP contribution in [0.2, 0.25) is 0 Å². The Morgan fingerprint density at radius 2 is 1.89 bits per heavy atom. The van der Waals surface area contributed by atoms with Crippen molar-refractivity contribution in [3.63, 3.8) is 0 Å². The molecule has 12 heteroatoms. The molecule has 0 spiro atoms. The van der Waals surface area contributed by atoms with E-state index >= 15 is 0 Å². The quantitative estimate of drug-likeness (QED) is 0.220. The molecule has 3 N–H and O–H groups in total. The Morgan fingerprint density at radius 3 is 2.53 bits per heavy atom. The fraction of sp³-hybridized carbons (Fsp3) is 0.462. The highest BCUT2D eigenvalue weighted by molar-refractivity contribution is 8.13. The average Bonchev–Trinajstić information content (AvgIpc) is 2.83. The summed E-state index contributed by atoms with van der Waals surface area (Å²) in [5.41, 5.74) is 0.0532. The van der Waals surface area contributed by atoms with Crippen LogP contribution in [0, 0.1) is 11.7 Å². The van der Waals surface area contributed by atoms with E-state index in [1.165, 1.54) is 13.0 Å². The zero-order valence-corrected chi connectivity index (χ0v) is 22.9. The monoisotopic (exact) mass is 548 g/mol. The summed E-state index contributed by atoms with van der Waals surface area (Å²) in [7, 11) is 0. The van der Waals surface area contributed by atoms with E-state index < -0.39 is 41.7 Å². The number of amides is 3. The SMILES string of the molecule is CC(=O)SCC/C=C/[C@@H]1CC(=O)NCc2nc(ccc2F)C(=O)NC(=C(C)C)C(=O)NC(C(C)C)C(=O)O1. The van der Waals surface area contributed by atoms with Crippen molar-refractivity contribution in [2.75, 3.05) is 5.75 Å². The van der Waals surface area contributed by atoms with Gasteiger partial charge in [-0.1, -0.05) is 31.7 Å². The van der Waals surface area contributed by atoms with Crippen LogP contribution in [0.5, 0.6) is 0 Å². The maximum Gasteiger partial charge on any atom is 0.329 e. The Bertz CT molecular complexity index is 1150. The van der Waals surface area contributed by atoms with Crippen molar-refractivity contribution < 1.29 is 33.1 Å². The maximum absolute atomic E-state index is 14.3. The standard InChI is InChI=1S/C26H33FN4O6S/c1-14(2)22-25(35)31-23(15(3)4)26(36)37-17(8-6-7-11-38-16(5)32)12-21(33)28-13-20-18(27)9-10-19(29-20)24(34)30-22/h6,8-10,15,17,23H,7,11-13H2,1-5H3,(H,28,33)(H,30,34)(H,31,35)/b8-6+/t17-,23?/m1/s1. The fourth-order valence-corrected chi connectivity index (χ4v) is 3.90. The molecule has 2 heterocycles. The van der Waals surface area contributed by atoms with Gasteiger partial charge >= 0.3 is 5.97 Å². The second-order valence-corrected chi connectivity index (χ2v) is 10.4. The first kappa shape index (κ1) is 30.7. The van der Waals surface area contributed by atoms with Gasteiger partial charge in [0.05, 0.1) is 18.7 Å². The highest BCUT2D eigenvalue weighted by Gasteiger charge is 2.30. The van der Waals surface area contributed by atoms with E-state index in [2.05, 4.69) is 20.9 Å². The van der Waals surface area contributed by atoms with Crippen LogP contribution in [0.1, 0.15) is 63.6 Å². The van der Waals surface area contributed by atoms with Gasteiger partial charge in [0.25, 0.3) is 11.8 Å². The van der Waals surface area contributed by atoms with Gasteiger partial charge in [0.2, 0.25) is 5.91 Å². The van der Waals surface area contributed by atoms with E-state index in [9.17, 15) is 28.4 Å². The molecular formula is C26H33FN4O6S. The Balaban J connectivity index is 2.42. The highest BCUT2D eigenvalue weighted by atomic mass is 32.2. The number of thioether (sulfide) groups is 1. The van der Waals surface area contributed by atoms with Crippen molar-refractivity contribution in [2.24, 2.45) is 5.92 Å². The summed E-state index contributed by atoms with van der Waals surface area (Å²) in [5.74, 6) is -3.38. The minimum absolute atomic E-state index is 0.0266. The van der Waals surface area contributed by atoms with Gasteiger partial charge in [-0.3, -0.25) is 19.2 Å². The molecule has 1 aliphatic rings. The van der Waals surface area contributed by atoms with Crippen LogP contribution < -0.4 is 16.0 Å². The predicted octanol–water partition coefficient (Wildman–Crippen LogP) is 2.54. The zero-order chi connectivity index (χ0) is 28.4. The van der Waals surface area contributed by atoms with Crippen molar-refractivity contribution in [2.45, 2.75) is 66.2 Å². The molecule has 0 radical (unpaired) electrons. The van der Waals surface area contributed by atoms with E-state index in [1.54, 1.807) is 39.8 Å². The number of allylic oxidation sites excluding steroid dienone is 2. The number of nitrogens with one attached hydrogen (secondary N) is 3. The number of carbonyl (C=O) groups is 5. The number of hydrogen-bond donors (Lipinski definition) is 3. The molecule has 0 aromatic carbocycles. The molecule has 2 bridgehead atoms. The average molecular weight is 549 g/mol. The lowest BCUT2D eigenvalue weighted by Gasteiger charge is -2.24. The number of ether oxygens (including phenoxy) is 1. The van der Waals surface area contributed by atoms with Crippen molar-refractivity contribution in [3.05, 3.63) is 52.8 Å². The molecule has 10 nitrogen and oxygen atoms in total. The Morgan fingerprint density at radius 1 is 1.18 bits per heavy atom. The van der Waals surface area contributed by atoms with E-state index in [-0.39, 0.29) is 41.1 Å². The normalized spacial score (nSPS) is 19.6. The fourth-order valence-electron chi connectivity index (χ4n) is 3.36. The smallest absolute Gasteiger partial charge is 0.329 e. The maximum atomic E-state index is 14.3. The van der Waals surface area contributed by atoms with Gasteiger partial charge < -0.3 is 20.7 Å². The lowest BCUT2D eigenvalue weighted by molar-refractivity contribution is -0.153. The highest BCUT2D eigenvalue weighted by Crippen LogP contribution is 2.14. The Labute approximate surface area is 225 Å². The van der Waals surface area contributed by atoms with Crippen molar-refractivity contribution in [3.8, 4) is 0 Å². The number of esters is 1. The van der Waals surface area contributed by atoms with Crippen molar-refractivity contribution in [1.29, 1.82) is 0 Å². The molecule has 38 heavy (non-hydrogen) atoms. The third-order valence-electron chi connectivity index (χ3n) is 5.37. The molecule has 1 unspecified atom stereocenters. The summed E-state index contributed by atoms with van der Waals surface area (Å²) < 4.78 is 19.9. The topological polar surface area (TPSA) is 144 Å². The van der Waals surface area contributed by atoms with Crippen LogP contribution in [-0.2, 0) is 30.5 Å². The number of aromatic nitrogens is 1. The lowest BCUT2D eigenvalue weighted by Crippen LogP contribution is -2.49.